The van der Waals surface area contributed by atoms with Crippen LogP contribution in [0.15, 0.2) is 22.7 Å². The lowest BCUT2D eigenvalue weighted by Crippen LogP contribution is -1.94. The van der Waals surface area contributed by atoms with E-state index >= 15 is 0 Å². The van der Waals surface area contributed by atoms with E-state index in [9.17, 15) is 8.42 Å². The first kappa shape index (κ1) is 11.3. The molecule has 0 unspecified atom stereocenters. The lowest BCUT2D eigenvalue weighted by molar-refractivity contribution is 0.609. The van der Waals surface area contributed by atoms with Gasteiger partial charge in [-0.25, -0.2) is 8.42 Å². The van der Waals surface area contributed by atoms with Crippen LogP contribution in [0.5, 0.6) is 0 Å². The summed E-state index contributed by atoms with van der Waals surface area (Å²) >= 11 is 8.91. The number of benzene rings is 1. The molecule has 0 spiro atoms. The van der Waals surface area contributed by atoms with Crippen molar-refractivity contribution in [3.05, 3.63) is 33.3 Å². The van der Waals surface area contributed by atoms with E-state index in [1.807, 2.05) is 0 Å². The molecule has 0 aliphatic heterocycles. The van der Waals surface area contributed by atoms with Crippen LogP contribution in [0.2, 0.25) is 5.02 Å². The zero-order valence-corrected chi connectivity index (χ0v) is 10.2. The molecule has 0 N–H and O–H groups in total. The summed E-state index contributed by atoms with van der Waals surface area (Å²) in [6.45, 7) is 0. The Morgan fingerprint density at radius 3 is 2.38 bits per heavy atom. The number of hydrogen-bond donors (Lipinski definition) is 0. The lowest BCUT2D eigenvalue weighted by atomic mass is 10.2. The Balaban J connectivity index is 3.03. The van der Waals surface area contributed by atoms with Crippen LogP contribution in [-0.4, -0.2) is 8.42 Å². The molecule has 13 heavy (non-hydrogen) atoms. The van der Waals surface area contributed by atoms with Gasteiger partial charge in [0.2, 0.25) is 9.05 Å². The second-order valence-electron chi connectivity index (χ2n) is 2.46. The molecule has 0 heterocycles. The van der Waals surface area contributed by atoms with Crippen molar-refractivity contribution in [1.82, 2.24) is 0 Å². The van der Waals surface area contributed by atoms with Gasteiger partial charge in [-0.05, 0) is 23.8 Å². The minimum atomic E-state index is -3.52. The first-order valence-corrected chi connectivity index (χ1v) is 6.89. The summed E-state index contributed by atoms with van der Waals surface area (Å²) in [4.78, 5) is 0. The van der Waals surface area contributed by atoms with Crippen LogP contribution in [0.3, 0.4) is 0 Å². The molecule has 1 aromatic carbocycles. The lowest BCUT2D eigenvalue weighted by Gasteiger charge is -1.99. The average Bonchev–Trinajstić information content (AvgIpc) is 1.78. The molecule has 0 saturated heterocycles. The predicted octanol–water partition coefficient (Wildman–Crippen LogP) is 3.17. The molecule has 1 rings (SSSR count). The van der Waals surface area contributed by atoms with Crippen LogP contribution >= 0.6 is 38.2 Å². The van der Waals surface area contributed by atoms with Gasteiger partial charge in [-0.15, -0.1) is 0 Å². The van der Waals surface area contributed by atoms with E-state index in [-0.39, 0.29) is 5.75 Å². The fourth-order valence-electron chi connectivity index (χ4n) is 0.893. The molecule has 6 heteroatoms. The maximum Gasteiger partial charge on any atom is 0.236 e. The van der Waals surface area contributed by atoms with Gasteiger partial charge in [0.05, 0.1) is 5.75 Å². The van der Waals surface area contributed by atoms with Crippen molar-refractivity contribution in [2.24, 2.45) is 0 Å². The van der Waals surface area contributed by atoms with E-state index < -0.39 is 9.05 Å². The maximum absolute atomic E-state index is 10.7. The van der Waals surface area contributed by atoms with Crippen LogP contribution < -0.4 is 0 Å². The quantitative estimate of drug-likeness (QED) is 0.787. The summed E-state index contributed by atoms with van der Waals surface area (Å²) in [5.74, 6) is -0.215. The molecule has 0 bridgehead atoms. The Labute approximate surface area is 94.4 Å². The second-order valence-corrected chi connectivity index (χ2v) is 6.59. The first-order chi connectivity index (χ1) is 5.87. The van der Waals surface area contributed by atoms with Gasteiger partial charge in [0.1, 0.15) is 0 Å². The molecule has 0 saturated carbocycles. The van der Waals surface area contributed by atoms with Gasteiger partial charge in [0, 0.05) is 20.2 Å². The van der Waals surface area contributed by atoms with Crippen LogP contribution in [0.1, 0.15) is 5.56 Å². The van der Waals surface area contributed by atoms with Crippen LogP contribution in [0.25, 0.3) is 0 Å². The normalized spacial score (nSPS) is 11.6. The van der Waals surface area contributed by atoms with Crippen LogP contribution in [-0.2, 0) is 14.8 Å². The van der Waals surface area contributed by atoms with Crippen molar-refractivity contribution in [3.63, 3.8) is 0 Å². The third kappa shape index (κ3) is 4.31. The Hall–Kier alpha value is 0.230. The highest BCUT2D eigenvalue weighted by Crippen LogP contribution is 2.21. The second kappa shape index (κ2) is 4.17. The number of rotatable bonds is 2. The van der Waals surface area contributed by atoms with Gasteiger partial charge in [0.25, 0.3) is 0 Å². The van der Waals surface area contributed by atoms with E-state index in [1.165, 1.54) is 0 Å². The summed E-state index contributed by atoms with van der Waals surface area (Å²) < 4.78 is 22.2. The molecular weight excluding hydrogens is 299 g/mol. The Morgan fingerprint density at radius 2 is 1.92 bits per heavy atom. The fraction of sp³-hybridized carbons (Fsp3) is 0.143. The molecule has 1 aromatic rings. The molecule has 0 aromatic heterocycles. The molecule has 0 atom stereocenters. The van der Waals surface area contributed by atoms with Crippen LogP contribution in [0.4, 0.5) is 0 Å². The Bertz CT molecular complexity index is 396. The van der Waals surface area contributed by atoms with Crippen molar-refractivity contribution in [2.45, 2.75) is 5.75 Å². The maximum atomic E-state index is 10.7. The standard InChI is InChI=1S/C7H5BrCl2O2S/c8-6-1-5(2-7(9)3-6)4-13(10,11)12/h1-3H,4H2. The van der Waals surface area contributed by atoms with E-state index in [1.54, 1.807) is 18.2 Å². The average molecular weight is 304 g/mol. The number of hydrogen-bond acceptors (Lipinski definition) is 2. The third-order valence-electron chi connectivity index (χ3n) is 1.26. The minimum absolute atomic E-state index is 0.215. The molecular formula is C7H5BrCl2O2S. The van der Waals surface area contributed by atoms with Gasteiger partial charge in [-0.1, -0.05) is 27.5 Å². The van der Waals surface area contributed by atoms with Gasteiger partial charge >= 0.3 is 0 Å². The highest BCUT2D eigenvalue weighted by Gasteiger charge is 2.08. The minimum Gasteiger partial charge on any atom is -0.212 e. The van der Waals surface area contributed by atoms with E-state index in [0.717, 1.165) is 4.47 Å². The summed E-state index contributed by atoms with van der Waals surface area (Å²) in [6, 6.07) is 4.89. The molecule has 2 nitrogen and oxygen atoms in total. The summed E-state index contributed by atoms with van der Waals surface area (Å²) in [6.07, 6.45) is 0. The molecule has 0 radical (unpaired) electrons. The van der Waals surface area contributed by atoms with Gasteiger partial charge in [-0.3, -0.25) is 0 Å². The molecule has 0 aliphatic carbocycles. The zero-order chi connectivity index (χ0) is 10.1. The smallest absolute Gasteiger partial charge is 0.212 e. The van der Waals surface area contributed by atoms with E-state index in [4.69, 9.17) is 22.3 Å². The molecule has 0 aliphatic rings. The van der Waals surface area contributed by atoms with E-state index in [2.05, 4.69) is 15.9 Å². The number of halogens is 3. The third-order valence-corrected chi connectivity index (χ3v) is 2.94. The molecule has 0 amide bonds. The summed E-state index contributed by atoms with van der Waals surface area (Å²) in [5, 5.41) is 0.477. The van der Waals surface area contributed by atoms with E-state index in [0.29, 0.717) is 10.6 Å². The van der Waals surface area contributed by atoms with Crippen molar-refractivity contribution >= 4 is 47.3 Å². The monoisotopic (exact) mass is 302 g/mol. The summed E-state index contributed by atoms with van der Waals surface area (Å²) in [7, 11) is 1.57. The zero-order valence-electron chi connectivity index (χ0n) is 6.30. The fourth-order valence-corrected chi connectivity index (χ4v) is 2.77. The molecule has 72 valence electrons. The highest BCUT2D eigenvalue weighted by atomic mass is 79.9. The predicted molar refractivity (Wildman–Crippen MR) is 57.6 cm³/mol. The van der Waals surface area contributed by atoms with Crippen LogP contribution in [0, 0.1) is 0 Å². The molecule has 0 fully saturated rings. The Kier molecular flexibility index (Phi) is 3.63. The Morgan fingerprint density at radius 1 is 1.31 bits per heavy atom. The largest absolute Gasteiger partial charge is 0.236 e. The van der Waals surface area contributed by atoms with Gasteiger partial charge in [0.15, 0.2) is 0 Å². The van der Waals surface area contributed by atoms with Crippen molar-refractivity contribution in [2.75, 3.05) is 0 Å². The topological polar surface area (TPSA) is 34.1 Å². The summed E-state index contributed by atoms with van der Waals surface area (Å²) in [5.41, 5.74) is 0.564. The first-order valence-electron chi connectivity index (χ1n) is 3.24. The highest BCUT2D eigenvalue weighted by molar-refractivity contribution is 9.10. The van der Waals surface area contributed by atoms with Gasteiger partial charge in [-0.2, -0.15) is 0 Å². The van der Waals surface area contributed by atoms with Gasteiger partial charge < -0.3 is 0 Å². The van der Waals surface area contributed by atoms with Crippen molar-refractivity contribution in [1.29, 1.82) is 0 Å². The SMILES string of the molecule is O=S(=O)(Cl)Cc1cc(Cl)cc(Br)c1. The van der Waals surface area contributed by atoms with Crippen molar-refractivity contribution in [3.8, 4) is 0 Å². The van der Waals surface area contributed by atoms with Crippen molar-refractivity contribution < 1.29 is 8.42 Å².